The van der Waals surface area contributed by atoms with Crippen LogP contribution in [0.3, 0.4) is 0 Å². The Morgan fingerprint density at radius 2 is 2.04 bits per heavy atom. The van der Waals surface area contributed by atoms with Crippen LogP contribution < -0.4 is 14.4 Å². The molecule has 0 aliphatic heterocycles. The first-order valence-electron chi connectivity index (χ1n) is 8.32. The Balaban J connectivity index is 1.95. The number of hydrogen-bond acceptors (Lipinski definition) is 7. The number of anilines is 1. The maximum atomic E-state index is 12.4. The van der Waals surface area contributed by atoms with Gasteiger partial charge in [0.05, 0.1) is 12.7 Å². The number of rotatable bonds is 7. The van der Waals surface area contributed by atoms with Gasteiger partial charge in [0.25, 0.3) is 0 Å². The van der Waals surface area contributed by atoms with Crippen LogP contribution in [0, 0.1) is 0 Å². The zero-order valence-electron chi connectivity index (χ0n) is 14.9. The summed E-state index contributed by atoms with van der Waals surface area (Å²) in [4.78, 5) is 15.0. The Hall–Kier alpha value is -2.80. The fourth-order valence-electron chi connectivity index (χ4n) is 2.55. The molecule has 0 fully saturated rings. The van der Waals surface area contributed by atoms with E-state index < -0.39 is 5.97 Å². The van der Waals surface area contributed by atoms with Gasteiger partial charge >= 0.3 is 5.97 Å². The first kappa shape index (κ1) is 18.0. The molecule has 0 atom stereocenters. The van der Waals surface area contributed by atoms with Crippen LogP contribution >= 0.6 is 11.3 Å². The van der Waals surface area contributed by atoms with Crippen molar-refractivity contribution in [1.29, 1.82) is 0 Å². The van der Waals surface area contributed by atoms with E-state index in [1.54, 1.807) is 37.4 Å². The molecule has 0 saturated carbocycles. The lowest BCUT2D eigenvalue weighted by Crippen LogP contribution is -2.21. The second kappa shape index (κ2) is 8.05. The summed E-state index contributed by atoms with van der Waals surface area (Å²) in [7, 11) is 1.56. The van der Waals surface area contributed by atoms with Gasteiger partial charge in [-0.05, 0) is 37.4 Å². The third-order valence-corrected chi connectivity index (χ3v) is 4.81. The highest BCUT2D eigenvalue weighted by Gasteiger charge is 2.19. The van der Waals surface area contributed by atoms with E-state index in [1.165, 1.54) is 11.3 Å². The zero-order valence-corrected chi connectivity index (χ0v) is 15.7. The number of carbonyl (C=O) groups is 1. The minimum atomic E-state index is -0.419. The molecule has 0 saturated heterocycles. The van der Waals surface area contributed by atoms with Crippen molar-refractivity contribution >= 4 is 23.1 Å². The van der Waals surface area contributed by atoms with Crippen LogP contribution in [0.25, 0.3) is 11.3 Å². The van der Waals surface area contributed by atoms with E-state index in [0.717, 1.165) is 18.9 Å². The molecule has 0 amide bonds. The van der Waals surface area contributed by atoms with Gasteiger partial charge in [-0.15, -0.1) is 11.3 Å². The molecule has 0 radical (unpaired) electrons. The Morgan fingerprint density at radius 1 is 1.23 bits per heavy atom. The predicted molar refractivity (Wildman–Crippen MR) is 101 cm³/mol. The van der Waals surface area contributed by atoms with Gasteiger partial charge in [0.15, 0.2) is 11.6 Å². The maximum absolute atomic E-state index is 12.4. The quantitative estimate of drug-likeness (QED) is 0.450. The van der Waals surface area contributed by atoms with Crippen molar-refractivity contribution in [3.63, 3.8) is 0 Å². The molecular weight excluding hydrogens is 352 g/mol. The monoisotopic (exact) mass is 372 g/mol. The van der Waals surface area contributed by atoms with Crippen molar-refractivity contribution in [1.82, 2.24) is 5.16 Å². The molecule has 136 valence electrons. The number of thiophene rings is 1. The number of methoxy groups -OCH3 is 1. The molecule has 2 heterocycles. The highest BCUT2D eigenvalue weighted by atomic mass is 32.1. The topological polar surface area (TPSA) is 64.8 Å². The lowest BCUT2D eigenvalue weighted by Gasteiger charge is -2.15. The fourth-order valence-corrected chi connectivity index (χ4v) is 3.15. The fraction of sp³-hybridized carbons (Fsp3) is 0.263. The molecule has 6 nitrogen and oxygen atoms in total. The average Bonchev–Trinajstić information content (AvgIpc) is 3.35. The van der Waals surface area contributed by atoms with Crippen LogP contribution in [0.4, 0.5) is 5.82 Å². The van der Waals surface area contributed by atoms with Gasteiger partial charge < -0.3 is 18.9 Å². The van der Waals surface area contributed by atoms with Gasteiger partial charge in [-0.2, -0.15) is 0 Å². The number of aromatic nitrogens is 1. The molecule has 3 aromatic rings. The SMILES string of the molecule is CCN(CC)c1cc(-c2ccc(OC)cc2OC(=O)c2cccs2)on1. The lowest BCUT2D eigenvalue weighted by molar-refractivity contribution is 0.0740. The molecule has 2 aromatic heterocycles. The number of benzene rings is 1. The van der Waals surface area contributed by atoms with Crippen LogP contribution in [0.1, 0.15) is 23.5 Å². The molecule has 0 aliphatic carbocycles. The Kier molecular flexibility index (Phi) is 5.58. The first-order chi connectivity index (χ1) is 12.7. The van der Waals surface area contributed by atoms with Gasteiger partial charge in [0, 0.05) is 25.2 Å². The average molecular weight is 372 g/mol. The Morgan fingerprint density at radius 3 is 2.69 bits per heavy atom. The zero-order chi connectivity index (χ0) is 18.5. The van der Waals surface area contributed by atoms with E-state index in [-0.39, 0.29) is 0 Å². The van der Waals surface area contributed by atoms with Crippen LogP contribution in [-0.2, 0) is 0 Å². The molecule has 1 aromatic carbocycles. The molecular formula is C19H20N2O4S. The van der Waals surface area contributed by atoms with E-state index in [0.29, 0.717) is 27.7 Å². The first-order valence-corrected chi connectivity index (χ1v) is 9.20. The minimum absolute atomic E-state index is 0.366. The molecule has 3 rings (SSSR count). The smallest absolute Gasteiger partial charge is 0.353 e. The second-order valence-corrected chi connectivity index (χ2v) is 6.40. The predicted octanol–water partition coefficient (Wildman–Crippen LogP) is 4.48. The van der Waals surface area contributed by atoms with E-state index >= 15 is 0 Å². The Labute approximate surface area is 155 Å². The lowest BCUT2D eigenvalue weighted by atomic mass is 10.1. The summed E-state index contributed by atoms with van der Waals surface area (Å²) in [6.07, 6.45) is 0. The van der Waals surface area contributed by atoms with Crippen LogP contribution in [0.2, 0.25) is 0 Å². The third kappa shape index (κ3) is 3.72. The van der Waals surface area contributed by atoms with Crippen molar-refractivity contribution in [2.24, 2.45) is 0 Å². The van der Waals surface area contributed by atoms with Gasteiger partial charge in [0.1, 0.15) is 16.4 Å². The van der Waals surface area contributed by atoms with E-state index in [9.17, 15) is 4.79 Å². The van der Waals surface area contributed by atoms with E-state index in [4.69, 9.17) is 14.0 Å². The summed E-state index contributed by atoms with van der Waals surface area (Å²) in [5.74, 6) is 1.81. The molecule has 0 unspecified atom stereocenters. The third-order valence-electron chi connectivity index (χ3n) is 3.96. The van der Waals surface area contributed by atoms with Crippen molar-refractivity contribution < 1.29 is 18.8 Å². The normalized spacial score (nSPS) is 10.6. The molecule has 0 aliphatic rings. The molecule has 7 heteroatoms. The number of esters is 1. The second-order valence-electron chi connectivity index (χ2n) is 5.45. The number of carbonyl (C=O) groups excluding carboxylic acids is 1. The van der Waals surface area contributed by atoms with Crippen molar-refractivity contribution in [3.05, 3.63) is 46.7 Å². The van der Waals surface area contributed by atoms with Crippen molar-refractivity contribution in [3.8, 4) is 22.8 Å². The van der Waals surface area contributed by atoms with Crippen molar-refractivity contribution in [2.45, 2.75) is 13.8 Å². The standard InChI is InChI=1S/C19H20N2O4S/c1-4-21(5-2)18-12-16(25-20-18)14-9-8-13(23-3)11-15(14)24-19(22)17-7-6-10-26-17/h6-12H,4-5H2,1-3H3. The summed E-state index contributed by atoms with van der Waals surface area (Å²) in [6, 6.07) is 10.6. The van der Waals surface area contributed by atoms with Gasteiger partial charge in [-0.25, -0.2) is 4.79 Å². The highest BCUT2D eigenvalue weighted by molar-refractivity contribution is 7.12. The van der Waals surface area contributed by atoms with Gasteiger partial charge in [0.2, 0.25) is 0 Å². The summed E-state index contributed by atoms with van der Waals surface area (Å²) < 4.78 is 16.4. The highest BCUT2D eigenvalue weighted by Crippen LogP contribution is 2.35. The maximum Gasteiger partial charge on any atom is 0.353 e. The van der Waals surface area contributed by atoms with Gasteiger partial charge in [-0.3, -0.25) is 0 Å². The van der Waals surface area contributed by atoms with E-state index in [1.807, 2.05) is 11.4 Å². The molecule has 26 heavy (non-hydrogen) atoms. The number of nitrogens with zero attached hydrogens (tertiary/aromatic N) is 2. The molecule has 0 spiro atoms. The number of ether oxygens (including phenoxy) is 2. The van der Waals surface area contributed by atoms with Crippen LogP contribution in [-0.4, -0.2) is 31.3 Å². The van der Waals surface area contributed by atoms with Crippen LogP contribution in [0.15, 0.2) is 46.3 Å². The molecule has 0 N–H and O–H groups in total. The van der Waals surface area contributed by atoms with E-state index in [2.05, 4.69) is 23.9 Å². The van der Waals surface area contributed by atoms with Gasteiger partial charge in [-0.1, -0.05) is 11.2 Å². The van der Waals surface area contributed by atoms with Crippen molar-refractivity contribution in [2.75, 3.05) is 25.1 Å². The number of hydrogen-bond donors (Lipinski definition) is 0. The largest absolute Gasteiger partial charge is 0.497 e. The summed E-state index contributed by atoms with van der Waals surface area (Å²) in [6.45, 7) is 5.76. The summed E-state index contributed by atoms with van der Waals surface area (Å²) in [5.41, 5.74) is 0.640. The van der Waals surface area contributed by atoms with Crippen LogP contribution in [0.5, 0.6) is 11.5 Å². The Bertz CT molecular complexity index is 870. The summed E-state index contributed by atoms with van der Waals surface area (Å²) >= 11 is 1.33. The minimum Gasteiger partial charge on any atom is -0.497 e. The summed E-state index contributed by atoms with van der Waals surface area (Å²) in [5, 5.41) is 5.96. The molecule has 0 bridgehead atoms.